The molecule has 1 amide bonds. The van der Waals surface area contributed by atoms with Crippen LogP contribution in [-0.4, -0.2) is 42.2 Å². The topological polar surface area (TPSA) is 52.7 Å². The van der Waals surface area contributed by atoms with E-state index in [2.05, 4.69) is 14.5 Å². The van der Waals surface area contributed by atoms with Gasteiger partial charge >= 0.3 is 0 Å². The van der Waals surface area contributed by atoms with E-state index < -0.39 is 0 Å². The number of nitrogens with zero attached hydrogens (tertiary/aromatic N) is 2. The molecule has 0 bridgehead atoms. The Morgan fingerprint density at radius 3 is 2.48 bits per heavy atom. The summed E-state index contributed by atoms with van der Waals surface area (Å²) in [6.07, 6.45) is 0.421. The first-order valence-electron chi connectivity index (χ1n) is 8.91. The first-order valence-corrected chi connectivity index (χ1v) is 10.1. The second-order valence-electron chi connectivity index (χ2n) is 6.78. The minimum absolute atomic E-state index is 0.0209. The van der Waals surface area contributed by atoms with E-state index in [0.29, 0.717) is 11.4 Å². The molecule has 7 heteroatoms. The maximum atomic E-state index is 11.5. The fourth-order valence-electron chi connectivity index (χ4n) is 3.38. The number of piperazine rings is 1. The van der Waals surface area contributed by atoms with Crippen molar-refractivity contribution < 1.29 is 9.59 Å². The Morgan fingerprint density at radius 2 is 1.81 bits per heavy atom. The second-order valence-corrected chi connectivity index (χ2v) is 8.32. The van der Waals surface area contributed by atoms with Crippen LogP contribution in [0.4, 0.5) is 11.4 Å². The highest BCUT2D eigenvalue weighted by Crippen LogP contribution is 2.37. The van der Waals surface area contributed by atoms with Gasteiger partial charge in [-0.2, -0.15) is 0 Å². The molecule has 1 saturated heterocycles. The molecule has 4 rings (SSSR count). The van der Waals surface area contributed by atoms with Crippen LogP contribution in [0.25, 0.3) is 0 Å². The van der Waals surface area contributed by atoms with E-state index in [1.165, 1.54) is 0 Å². The molecule has 0 radical (unpaired) electrons. The summed E-state index contributed by atoms with van der Waals surface area (Å²) in [4.78, 5) is 26.3. The monoisotopic (exact) mass is 401 g/mol. The van der Waals surface area contributed by atoms with E-state index in [9.17, 15) is 9.59 Å². The normalized spacial score (nSPS) is 17.0. The number of amides is 1. The van der Waals surface area contributed by atoms with Gasteiger partial charge in [0.1, 0.15) is 0 Å². The molecular weight excluding hydrogens is 382 g/mol. The van der Waals surface area contributed by atoms with Crippen molar-refractivity contribution >= 4 is 46.6 Å². The van der Waals surface area contributed by atoms with Crippen molar-refractivity contribution in [2.45, 2.75) is 18.2 Å². The average molecular weight is 402 g/mol. The number of carbonyl (C=O) groups excluding carboxylic acids is 2. The van der Waals surface area contributed by atoms with Gasteiger partial charge in [0.15, 0.2) is 5.78 Å². The summed E-state index contributed by atoms with van der Waals surface area (Å²) in [5, 5.41) is 3.50. The van der Waals surface area contributed by atoms with Crippen LogP contribution in [0.15, 0.2) is 41.3 Å². The lowest BCUT2D eigenvalue weighted by atomic mass is 10.1. The molecule has 1 N–H and O–H groups in total. The third-order valence-corrected chi connectivity index (χ3v) is 6.47. The number of anilines is 2. The molecular formula is C20H20ClN3O2S. The minimum Gasteiger partial charge on any atom is -0.369 e. The number of hydrogen-bond acceptors (Lipinski definition) is 5. The Hall–Kier alpha value is -2.02. The molecule has 2 aliphatic rings. The molecule has 0 spiro atoms. The number of ketones is 1. The highest BCUT2D eigenvalue weighted by Gasteiger charge is 2.23. The summed E-state index contributed by atoms with van der Waals surface area (Å²) in [6, 6.07) is 11.7. The van der Waals surface area contributed by atoms with Gasteiger partial charge in [0.25, 0.3) is 0 Å². The van der Waals surface area contributed by atoms with Crippen LogP contribution in [0.5, 0.6) is 0 Å². The molecule has 140 valence electrons. The highest BCUT2D eigenvalue weighted by molar-refractivity contribution is 7.97. The van der Waals surface area contributed by atoms with Crippen LogP contribution in [0.1, 0.15) is 22.8 Å². The van der Waals surface area contributed by atoms with Crippen molar-refractivity contribution in [3.05, 3.63) is 52.5 Å². The van der Waals surface area contributed by atoms with Gasteiger partial charge in [0.2, 0.25) is 5.91 Å². The van der Waals surface area contributed by atoms with Gasteiger partial charge in [0.05, 0.1) is 11.4 Å². The molecule has 5 nitrogen and oxygen atoms in total. The highest BCUT2D eigenvalue weighted by atomic mass is 35.5. The van der Waals surface area contributed by atoms with E-state index in [0.717, 1.165) is 53.6 Å². The predicted octanol–water partition coefficient (Wildman–Crippen LogP) is 3.87. The van der Waals surface area contributed by atoms with Gasteiger partial charge in [-0.25, -0.2) is 4.31 Å². The maximum Gasteiger partial charge on any atom is 0.228 e. The Balaban J connectivity index is 1.38. The molecule has 2 aromatic rings. The molecule has 0 aliphatic carbocycles. The van der Waals surface area contributed by atoms with Crippen molar-refractivity contribution in [1.29, 1.82) is 0 Å². The molecule has 0 aromatic heterocycles. The van der Waals surface area contributed by atoms with Gasteiger partial charge in [-0.3, -0.25) is 9.59 Å². The van der Waals surface area contributed by atoms with Gasteiger partial charge < -0.3 is 10.2 Å². The van der Waals surface area contributed by atoms with Crippen molar-refractivity contribution in [3.8, 4) is 0 Å². The van der Waals surface area contributed by atoms with E-state index in [4.69, 9.17) is 11.6 Å². The number of hydrogen-bond donors (Lipinski definition) is 1. The number of nitrogens with one attached hydrogen (secondary N) is 1. The Morgan fingerprint density at radius 1 is 1.11 bits per heavy atom. The van der Waals surface area contributed by atoms with Crippen LogP contribution < -0.4 is 10.2 Å². The molecule has 2 heterocycles. The lowest BCUT2D eigenvalue weighted by molar-refractivity contribution is -0.115. The molecule has 0 atom stereocenters. The summed E-state index contributed by atoms with van der Waals surface area (Å²) in [5.74, 6) is 0.110. The van der Waals surface area contributed by atoms with Crippen molar-refractivity contribution in [2.24, 2.45) is 0 Å². The zero-order valence-electron chi connectivity index (χ0n) is 15.0. The van der Waals surface area contributed by atoms with Gasteiger partial charge in [-0.1, -0.05) is 11.6 Å². The largest absolute Gasteiger partial charge is 0.369 e. The number of fused-ring (bicyclic) bond motifs is 1. The fourth-order valence-corrected chi connectivity index (χ4v) is 4.61. The molecule has 27 heavy (non-hydrogen) atoms. The number of Topliss-reactive ketones (excluding diaryl/α,β-unsaturated/α-hetero) is 1. The van der Waals surface area contributed by atoms with Crippen molar-refractivity contribution in [2.75, 3.05) is 36.4 Å². The first-order chi connectivity index (χ1) is 13.0. The second kappa shape index (κ2) is 7.54. The van der Waals surface area contributed by atoms with E-state index in [1.807, 2.05) is 36.4 Å². The summed E-state index contributed by atoms with van der Waals surface area (Å²) >= 11 is 8.06. The predicted molar refractivity (Wildman–Crippen MR) is 110 cm³/mol. The molecule has 1 fully saturated rings. The Kier molecular flexibility index (Phi) is 5.12. The maximum absolute atomic E-state index is 11.5. The van der Waals surface area contributed by atoms with E-state index in [1.54, 1.807) is 18.9 Å². The van der Waals surface area contributed by atoms with Gasteiger partial charge in [-0.15, -0.1) is 0 Å². The van der Waals surface area contributed by atoms with Crippen LogP contribution >= 0.6 is 23.5 Å². The van der Waals surface area contributed by atoms with Crippen molar-refractivity contribution in [1.82, 2.24) is 4.31 Å². The lowest BCUT2D eigenvalue weighted by Gasteiger charge is -2.35. The zero-order chi connectivity index (χ0) is 19.0. The molecule has 0 saturated carbocycles. The minimum atomic E-state index is 0.0209. The zero-order valence-corrected chi connectivity index (χ0v) is 16.6. The smallest absolute Gasteiger partial charge is 0.228 e. The third-order valence-electron chi connectivity index (χ3n) is 4.89. The average Bonchev–Trinajstić information content (AvgIpc) is 3.01. The number of halogens is 1. The molecule has 2 aromatic carbocycles. The third kappa shape index (κ3) is 3.98. The van der Waals surface area contributed by atoms with Crippen molar-refractivity contribution in [3.63, 3.8) is 0 Å². The summed E-state index contributed by atoms with van der Waals surface area (Å²) in [5.41, 5.74) is 3.72. The summed E-state index contributed by atoms with van der Waals surface area (Å²) < 4.78 is 2.30. The number of benzene rings is 2. The number of rotatable bonds is 4. The quantitative estimate of drug-likeness (QED) is 0.622. The van der Waals surface area contributed by atoms with Gasteiger partial charge in [-0.05, 0) is 60.8 Å². The van der Waals surface area contributed by atoms with Crippen LogP contribution in [0, 0.1) is 0 Å². The molecule has 2 aliphatic heterocycles. The van der Waals surface area contributed by atoms with Crippen LogP contribution in [0.2, 0.25) is 5.02 Å². The SMILES string of the molecule is CC(=O)c1ccc(N2CCN(Sc3cc4c(cc3Cl)NC(=O)C4)CC2)cc1. The summed E-state index contributed by atoms with van der Waals surface area (Å²) in [6.45, 7) is 5.22. The lowest BCUT2D eigenvalue weighted by Crippen LogP contribution is -2.43. The van der Waals surface area contributed by atoms with E-state index in [-0.39, 0.29) is 11.7 Å². The summed E-state index contributed by atoms with van der Waals surface area (Å²) in [7, 11) is 0. The fraction of sp³-hybridized carbons (Fsp3) is 0.300. The van der Waals surface area contributed by atoms with Crippen LogP contribution in [0.3, 0.4) is 0 Å². The van der Waals surface area contributed by atoms with Gasteiger partial charge in [0, 0.05) is 48.0 Å². The first kappa shape index (κ1) is 18.3. The Labute approximate surface area is 167 Å². The van der Waals surface area contributed by atoms with Crippen LogP contribution in [-0.2, 0) is 11.2 Å². The standard InChI is InChI=1S/C20H20ClN3O2S/c1-13(25)14-2-4-16(5-3-14)23-6-8-24(9-7-23)27-19-10-15-11-20(26)22-18(15)12-17(19)21/h2-5,10,12H,6-9,11H2,1H3,(H,22,26). The molecule has 0 unspecified atom stereocenters. The van der Waals surface area contributed by atoms with E-state index >= 15 is 0 Å². The number of carbonyl (C=O) groups is 2. The Bertz CT molecular complexity index is 893.